The minimum atomic E-state index is -0.267. The number of aromatic nitrogens is 4. The second kappa shape index (κ2) is 8.30. The lowest BCUT2D eigenvalue weighted by molar-refractivity contribution is -0.118. The van der Waals surface area contributed by atoms with Crippen LogP contribution in [0.5, 0.6) is 0 Å². The molecule has 0 unspecified atom stereocenters. The first-order valence-corrected chi connectivity index (χ1v) is 10.7. The van der Waals surface area contributed by atoms with Crippen LogP contribution in [0.4, 0.5) is 4.39 Å². The molecule has 0 saturated carbocycles. The van der Waals surface area contributed by atoms with Crippen molar-refractivity contribution in [1.29, 1.82) is 0 Å². The number of imidazole rings is 1. The number of halogens is 1. The maximum atomic E-state index is 13.1. The summed E-state index contributed by atoms with van der Waals surface area (Å²) in [5.41, 5.74) is 3.54. The molecule has 0 radical (unpaired) electrons. The molecular formula is C20H18FN5OS2. The van der Waals surface area contributed by atoms with Crippen LogP contribution in [0.2, 0.25) is 0 Å². The van der Waals surface area contributed by atoms with Crippen molar-refractivity contribution >= 4 is 34.0 Å². The standard InChI is InChI=1S/C20H18FN5OS2/c1-12-3-8-19(25-24-12)28-11-18(27)22-9-17-13(2)26-10-16(23-20(26)29-17)14-4-6-15(21)7-5-14/h3-8,10H,9,11H2,1-2H3,(H,22,27). The van der Waals surface area contributed by atoms with E-state index in [4.69, 9.17) is 0 Å². The van der Waals surface area contributed by atoms with Gasteiger partial charge < -0.3 is 5.32 Å². The highest BCUT2D eigenvalue weighted by atomic mass is 32.2. The predicted molar refractivity (Wildman–Crippen MR) is 113 cm³/mol. The Morgan fingerprint density at radius 3 is 2.66 bits per heavy atom. The summed E-state index contributed by atoms with van der Waals surface area (Å²) in [6, 6.07) is 10.0. The van der Waals surface area contributed by atoms with Crippen molar-refractivity contribution in [2.75, 3.05) is 5.75 Å². The van der Waals surface area contributed by atoms with E-state index in [9.17, 15) is 9.18 Å². The number of nitrogens with one attached hydrogen (secondary N) is 1. The lowest BCUT2D eigenvalue weighted by Gasteiger charge is -2.04. The molecule has 3 heterocycles. The molecule has 3 aromatic heterocycles. The lowest BCUT2D eigenvalue weighted by atomic mass is 10.2. The average Bonchev–Trinajstić information content (AvgIpc) is 3.26. The number of carbonyl (C=O) groups is 1. The number of amides is 1. The third-order valence-corrected chi connectivity index (χ3v) is 6.44. The molecule has 0 fully saturated rings. The normalized spacial score (nSPS) is 11.1. The van der Waals surface area contributed by atoms with Crippen molar-refractivity contribution in [3.8, 4) is 11.3 Å². The van der Waals surface area contributed by atoms with Gasteiger partial charge in [-0.15, -0.1) is 5.10 Å². The third-order valence-electron chi connectivity index (χ3n) is 4.36. The number of thioether (sulfide) groups is 1. The molecule has 9 heteroatoms. The van der Waals surface area contributed by atoms with E-state index in [2.05, 4.69) is 20.5 Å². The van der Waals surface area contributed by atoms with Crippen LogP contribution in [0.25, 0.3) is 16.2 Å². The van der Waals surface area contributed by atoms with Crippen molar-refractivity contribution in [2.45, 2.75) is 25.4 Å². The Balaban J connectivity index is 1.38. The zero-order chi connectivity index (χ0) is 20.4. The zero-order valence-corrected chi connectivity index (χ0v) is 17.5. The van der Waals surface area contributed by atoms with Gasteiger partial charge in [0.2, 0.25) is 5.91 Å². The predicted octanol–water partition coefficient (Wildman–Crippen LogP) is 4.02. The number of benzene rings is 1. The molecule has 1 amide bonds. The highest BCUT2D eigenvalue weighted by molar-refractivity contribution is 7.99. The molecule has 0 saturated heterocycles. The summed E-state index contributed by atoms with van der Waals surface area (Å²) < 4.78 is 15.1. The molecule has 29 heavy (non-hydrogen) atoms. The summed E-state index contributed by atoms with van der Waals surface area (Å²) in [6.07, 6.45) is 1.94. The number of nitrogens with zero attached hydrogens (tertiary/aromatic N) is 4. The summed E-state index contributed by atoms with van der Waals surface area (Å²) in [6.45, 7) is 4.32. The quantitative estimate of drug-likeness (QED) is 0.471. The number of hydrogen-bond acceptors (Lipinski definition) is 6. The lowest BCUT2D eigenvalue weighted by Crippen LogP contribution is -2.24. The van der Waals surface area contributed by atoms with Gasteiger partial charge in [-0.05, 0) is 50.2 Å². The van der Waals surface area contributed by atoms with Crippen LogP contribution in [0.3, 0.4) is 0 Å². The number of aryl methyl sites for hydroxylation is 2. The van der Waals surface area contributed by atoms with Gasteiger partial charge in [-0.3, -0.25) is 9.20 Å². The first-order chi connectivity index (χ1) is 14.0. The van der Waals surface area contributed by atoms with Gasteiger partial charge in [-0.1, -0.05) is 23.1 Å². The largest absolute Gasteiger partial charge is 0.350 e. The van der Waals surface area contributed by atoms with Crippen LogP contribution in [0.1, 0.15) is 16.3 Å². The molecule has 0 aliphatic heterocycles. The van der Waals surface area contributed by atoms with Gasteiger partial charge in [-0.25, -0.2) is 9.37 Å². The number of carbonyl (C=O) groups excluding carboxylic acids is 1. The van der Waals surface area contributed by atoms with Crippen LogP contribution >= 0.6 is 23.1 Å². The Kier molecular flexibility index (Phi) is 5.59. The molecular weight excluding hydrogens is 409 g/mol. The Morgan fingerprint density at radius 1 is 1.17 bits per heavy atom. The van der Waals surface area contributed by atoms with Gasteiger partial charge in [-0.2, -0.15) is 5.10 Å². The van der Waals surface area contributed by atoms with Crippen molar-refractivity contribution in [3.63, 3.8) is 0 Å². The zero-order valence-electron chi connectivity index (χ0n) is 15.8. The average molecular weight is 428 g/mol. The van der Waals surface area contributed by atoms with E-state index in [0.29, 0.717) is 6.54 Å². The molecule has 0 atom stereocenters. The van der Waals surface area contributed by atoms with Gasteiger partial charge in [0.1, 0.15) is 10.8 Å². The summed E-state index contributed by atoms with van der Waals surface area (Å²) in [7, 11) is 0. The Hall–Kier alpha value is -2.78. The molecule has 4 rings (SSSR count). The van der Waals surface area contributed by atoms with E-state index < -0.39 is 0 Å². The molecule has 1 N–H and O–H groups in total. The molecule has 0 aliphatic carbocycles. The molecule has 0 bridgehead atoms. The van der Waals surface area contributed by atoms with Gasteiger partial charge in [0.25, 0.3) is 0 Å². The van der Waals surface area contributed by atoms with Crippen LogP contribution in [0.15, 0.2) is 47.6 Å². The van der Waals surface area contributed by atoms with E-state index in [-0.39, 0.29) is 17.5 Å². The monoisotopic (exact) mass is 427 g/mol. The Morgan fingerprint density at radius 2 is 1.97 bits per heavy atom. The van der Waals surface area contributed by atoms with Crippen molar-refractivity contribution < 1.29 is 9.18 Å². The van der Waals surface area contributed by atoms with Gasteiger partial charge in [0.05, 0.1) is 23.7 Å². The summed E-state index contributed by atoms with van der Waals surface area (Å²) in [4.78, 5) is 18.7. The Labute approximate surface area is 175 Å². The SMILES string of the molecule is Cc1ccc(SCC(=O)NCc2sc3nc(-c4ccc(F)cc4)cn3c2C)nn1. The molecule has 4 aromatic rings. The van der Waals surface area contributed by atoms with Gasteiger partial charge in [0, 0.05) is 22.3 Å². The van der Waals surface area contributed by atoms with E-state index in [1.807, 2.05) is 36.6 Å². The molecule has 6 nitrogen and oxygen atoms in total. The number of fused-ring (bicyclic) bond motifs is 1. The highest BCUT2D eigenvalue weighted by Gasteiger charge is 2.14. The van der Waals surface area contributed by atoms with Crippen molar-refractivity contribution in [1.82, 2.24) is 24.9 Å². The highest BCUT2D eigenvalue weighted by Crippen LogP contribution is 2.27. The van der Waals surface area contributed by atoms with E-state index in [1.165, 1.54) is 35.2 Å². The summed E-state index contributed by atoms with van der Waals surface area (Å²) >= 11 is 2.89. The van der Waals surface area contributed by atoms with Crippen LogP contribution in [-0.2, 0) is 11.3 Å². The molecule has 148 valence electrons. The van der Waals surface area contributed by atoms with Crippen LogP contribution < -0.4 is 5.32 Å². The Bertz CT molecular complexity index is 1150. The molecule has 0 aliphatic rings. The van der Waals surface area contributed by atoms with E-state index in [0.717, 1.165) is 37.5 Å². The maximum Gasteiger partial charge on any atom is 0.230 e. The first kappa shape index (κ1) is 19.5. The van der Waals surface area contributed by atoms with E-state index >= 15 is 0 Å². The van der Waals surface area contributed by atoms with Gasteiger partial charge >= 0.3 is 0 Å². The van der Waals surface area contributed by atoms with Gasteiger partial charge in [0.15, 0.2) is 4.96 Å². The summed E-state index contributed by atoms with van der Waals surface area (Å²) in [5, 5.41) is 11.7. The second-order valence-corrected chi connectivity index (χ2v) is 8.53. The van der Waals surface area contributed by atoms with Crippen LogP contribution in [0, 0.1) is 19.7 Å². The number of rotatable bonds is 6. The topological polar surface area (TPSA) is 72.2 Å². The number of thiazole rings is 1. The van der Waals surface area contributed by atoms with E-state index in [1.54, 1.807) is 12.1 Å². The molecule has 0 spiro atoms. The fourth-order valence-electron chi connectivity index (χ4n) is 2.75. The second-order valence-electron chi connectivity index (χ2n) is 6.47. The fourth-order valence-corrected chi connectivity index (χ4v) is 4.44. The number of hydrogen-bond donors (Lipinski definition) is 1. The third kappa shape index (κ3) is 4.46. The van der Waals surface area contributed by atoms with Crippen molar-refractivity contribution in [2.24, 2.45) is 0 Å². The molecule has 1 aromatic carbocycles. The first-order valence-electron chi connectivity index (χ1n) is 8.93. The maximum absolute atomic E-state index is 13.1. The minimum absolute atomic E-state index is 0.0604. The minimum Gasteiger partial charge on any atom is -0.350 e. The fraction of sp³-hybridized carbons (Fsp3) is 0.200. The van der Waals surface area contributed by atoms with Crippen molar-refractivity contribution in [3.05, 3.63) is 64.7 Å². The smallest absolute Gasteiger partial charge is 0.230 e. The van der Waals surface area contributed by atoms with Crippen LogP contribution in [-0.4, -0.2) is 31.2 Å². The summed E-state index contributed by atoms with van der Waals surface area (Å²) in [5.74, 6) is -0.0417.